The molecule has 0 fully saturated rings. The molecule has 2 aromatic rings. The van der Waals surface area contributed by atoms with Crippen molar-refractivity contribution in [3.63, 3.8) is 0 Å². The van der Waals surface area contributed by atoms with Gasteiger partial charge in [-0.15, -0.1) is 11.8 Å². The number of rotatable bonds is 4. The van der Waals surface area contributed by atoms with Gasteiger partial charge in [-0.25, -0.2) is 0 Å². The Bertz CT molecular complexity index is 527. The highest BCUT2D eigenvalue weighted by atomic mass is 32.2. The molecule has 0 saturated carbocycles. The molecule has 18 heavy (non-hydrogen) atoms. The molecule has 0 nitrogen and oxygen atoms in total. The fraction of sp³-hybridized carbons (Fsp3) is 0.0625. The summed E-state index contributed by atoms with van der Waals surface area (Å²) in [6, 6.07) is 18.6. The van der Waals surface area contributed by atoms with Gasteiger partial charge in [0.15, 0.2) is 0 Å². The van der Waals surface area contributed by atoms with Gasteiger partial charge in [-0.05, 0) is 16.7 Å². The van der Waals surface area contributed by atoms with Crippen molar-refractivity contribution in [1.29, 1.82) is 0 Å². The third kappa shape index (κ3) is 3.56. The molecular weight excluding hydrogens is 256 g/mol. The van der Waals surface area contributed by atoms with E-state index in [9.17, 15) is 0 Å². The molecule has 0 aliphatic rings. The number of hydrogen-bond acceptors (Lipinski definition) is 2. The maximum Gasteiger partial charge on any atom is 0.0781 e. The topological polar surface area (TPSA) is 0 Å². The van der Waals surface area contributed by atoms with E-state index >= 15 is 0 Å². The van der Waals surface area contributed by atoms with Gasteiger partial charge in [0.05, 0.1) is 4.20 Å². The summed E-state index contributed by atoms with van der Waals surface area (Å²) in [4.78, 5) is 0. The number of thioether (sulfide) groups is 1. The molecule has 0 aliphatic heterocycles. The summed E-state index contributed by atoms with van der Waals surface area (Å²) in [6.45, 7) is 3.74. The molecule has 2 aromatic carbocycles. The lowest BCUT2D eigenvalue weighted by atomic mass is 10.1. The Kier molecular flexibility index (Phi) is 4.73. The van der Waals surface area contributed by atoms with Gasteiger partial charge in [0.2, 0.25) is 0 Å². The largest absolute Gasteiger partial charge is 0.109 e. The van der Waals surface area contributed by atoms with Crippen molar-refractivity contribution in [2.24, 2.45) is 0 Å². The summed E-state index contributed by atoms with van der Waals surface area (Å²) in [5, 5.41) is 0. The highest BCUT2D eigenvalue weighted by Gasteiger charge is 2.02. The summed E-state index contributed by atoms with van der Waals surface area (Å²) in [6.07, 6.45) is 1.84. The van der Waals surface area contributed by atoms with E-state index in [0.29, 0.717) is 0 Å². The lowest BCUT2D eigenvalue weighted by Crippen LogP contribution is -1.92. The molecule has 0 heterocycles. The molecule has 2 heteroatoms. The molecule has 0 spiro atoms. The van der Waals surface area contributed by atoms with Crippen molar-refractivity contribution in [2.45, 2.75) is 5.75 Å². The van der Waals surface area contributed by atoms with Crippen LogP contribution in [0.5, 0.6) is 0 Å². The minimum absolute atomic E-state index is 0.920. The van der Waals surface area contributed by atoms with Crippen LogP contribution in [-0.2, 0) is 5.75 Å². The summed E-state index contributed by atoms with van der Waals surface area (Å²) >= 11 is 7.14. The molecule has 0 amide bonds. The molecule has 0 radical (unpaired) electrons. The lowest BCUT2D eigenvalue weighted by molar-refractivity contribution is 1.43. The van der Waals surface area contributed by atoms with E-state index in [0.717, 1.165) is 21.1 Å². The number of thiocarbonyl (C=S) groups is 1. The Hall–Kier alpha value is -1.38. The van der Waals surface area contributed by atoms with E-state index in [1.165, 1.54) is 5.56 Å². The average Bonchev–Trinajstić information content (AvgIpc) is 2.46. The average molecular weight is 270 g/mol. The van der Waals surface area contributed by atoms with E-state index < -0.39 is 0 Å². The molecule has 90 valence electrons. The van der Waals surface area contributed by atoms with Gasteiger partial charge in [-0.1, -0.05) is 79.5 Å². The maximum absolute atomic E-state index is 5.44. The van der Waals surface area contributed by atoms with Crippen LogP contribution in [0.2, 0.25) is 0 Å². The third-order valence-corrected chi connectivity index (χ3v) is 4.16. The van der Waals surface area contributed by atoms with Crippen LogP contribution < -0.4 is 0 Å². The fourth-order valence-electron chi connectivity index (χ4n) is 1.56. The van der Waals surface area contributed by atoms with E-state index in [2.05, 4.69) is 43.0 Å². The van der Waals surface area contributed by atoms with Crippen molar-refractivity contribution in [1.82, 2.24) is 0 Å². The van der Waals surface area contributed by atoms with Gasteiger partial charge in [0, 0.05) is 5.75 Å². The zero-order valence-corrected chi connectivity index (χ0v) is 11.6. The Balaban J connectivity index is 1.97. The van der Waals surface area contributed by atoms with Gasteiger partial charge in [0.25, 0.3) is 0 Å². The standard InChI is InChI=1S/C16H14S2/c1-2-13-8-10-15(11-9-13)16(17)18-12-14-6-4-3-5-7-14/h2-11H,1,12H2. The van der Waals surface area contributed by atoms with E-state index in [1.54, 1.807) is 11.8 Å². The van der Waals surface area contributed by atoms with Crippen LogP contribution in [0.15, 0.2) is 61.2 Å². The first-order valence-corrected chi connectivity index (χ1v) is 7.12. The summed E-state index contributed by atoms with van der Waals surface area (Å²) in [5.41, 5.74) is 3.53. The molecule has 0 N–H and O–H groups in total. The zero-order valence-electron chi connectivity index (χ0n) is 10.0. The second-order valence-corrected chi connectivity index (χ2v) is 5.54. The lowest BCUT2D eigenvalue weighted by Gasteiger charge is -2.04. The second-order valence-electron chi connectivity index (χ2n) is 3.89. The van der Waals surface area contributed by atoms with Crippen LogP contribution in [0, 0.1) is 0 Å². The van der Waals surface area contributed by atoms with Crippen LogP contribution in [0.4, 0.5) is 0 Å². The van der Waals surface area contributed by atoms with Crippen LogP contribution in [0.25, 0.3) is 6.08 Å². The maximum atomic E-state index is 5.44. The Morgan fingerprint density at radius 3 is 2.33 bits per heavy atom. The van der Waals surface area contributed by atoms with Gasteiger partial charge in [-0.2, -0.15) is 0 Å². The Morgan fingerprint density at radius 1 is 1.06 bits per heavy atom. The first-order chi connectivity index (χ1) is 8.79. The Morgan fingerprint density at radius 2 is 1.72 bits per heavy atom. The van der Waals surface area contributed by atoms with Crippen molar-refractivity contribution in [3.05, 3.63) is 77.9 Å². The molecule has 0 aromatic heterocycles. The highest BCUT2D eigenvalue weighted by molar-refractivity contribution is 8.23. The number of hydrogen-bond donors (Lipinski definition) is 0. The van der Waals surface area contributed by atoms with Gasteiger partial charge in [-0.3, -0.25) is 0 Å². The van der Waals surface area contributed by atoms with Crippen LogP contribution in [0.1, 0.15) is 16.7 Å². The quantitative estimate of drug-likeness (QED) is 0.722. The zero-order chi connectivity index (χ0) is 12.8. The molecule has 2 rings (SSSR count). The third-order valence-electron chi connectivity index (χ3n) is 2.59. The monoisotopic (exact) mass is 270 g/mol. The molecule has 0 aliphatic carbocycles. The molecule has 0 saturated heterocycles. The molecule has 0 atom stereocenters. The highest BCUT2D eigenvalue weighted by Crippen LogP contribution is 2.19. The minimum Gasteiger partial charge on any atom is -0.109 e. The number of benzene rings is 2. The molecule has 0 unspecified atom stereocenters. The Labute approximate surface area is 118 Å². The SMILES string of the molecule is C=Cc1ccc(C(=S)SCc2ccccc2)cc1. The predicted octanol–water partition coefficient (Wildman–Crippen LogP) is 4.94. The van der Waals surface area contributed by atoms with Crippen molar-refractivity contribution in [2.75, 3.05) is 0 Å². The predicted molar refractivity (Wildman–Crippen MR) is 86.0 cm³/mol. The van der Waals surface area contributed by atoms with Crippen molar-refractivity contribution in [3.8, 4) is 0 Å². The summed E-state index contributed by atoms with van der Waals surface area (Å²) in [5.74, 6) is 0.920. The van der Waals surface area contributed by atoms with Crippen molar-refractivity contribution >= 4 is 34.3 Å². The van der Waals surface area contributed by atoms with Crippen LogP contribution in [-0.4, -0.2) is 4.20 Å². The van der Waals surface area contributed by atoms with Crippen LogP contribution >= 0.6 is 24.0 Å². The van der Waals surface area contributed by atoms with E-state index in [1.807, 2.05) is 24.3 Å². The van der Waals surface area contributed by atoms with Gasteiger partial charge < -0.3 is 0 Å². The normalized spacial score (nSPS) is 10.0. The molecular formula is C16H14S2. The first-order valence-electron chi connectivity index (χ1n) is 5.73. The minimum atomic E-state index is 0.920. The first kappa shape index (κ1) is 13.1. The summed E-state index contributed by atoms with van der Waals surface area (Å²) in [7, 11) is 0. The van der Waals surface area contributed by atoms with Crippen LogP contribution in [0.3, 0.4) is 0 Å². The van der Waals surface area contributed by atoms with Gasteiger partial charge >= 0.3 is 0 Å². The second kappa shape index (κ2) is 6.53. The van der Waals surface area contributed by atoms with E-state index in [4.69, 9.17) is 12.2 Å². The van der Waals surface area contributed by atoms with Gasteiger partial charge in [0.1, 0.15) is 0 Å². The smallest absolute Gasteiger partial charge is 0.0781 e. The fourth-order valence-corrected chi connectivity index (χ4v) is 2.67. The van der Waals surface area contributed by atoms with E-state index in [-0.39, 0.29) is 0 Å². The summed E-state index contributed by atoms with van der Waals surface area (Å²) < 4.78 is 0.939. The van der Waals surface area contributed by atoms with Crippen molar-refractivity contribution < 1.29 is 0 Å². The molecule has 0 bridgehead atoms.